The Labute approximate surface area is 165 Å². The number of imidazole rings is 1. The van der Waals surface area contributed by atoms with Crippen LogP contribution >= 0.6 is 23.4 Å². The quantitative estimate of drug-likeness (QED) is 0.670. The summed E-state index contributed by atoms with van der Waals surface area (Å²) in [6.45, 7) is 10.2. The lowest BCUT2D eigenvalue weighted by molar-refractivity contribution is 0.248. The molecule has 2 heterocycles. The average Bonchev–Trinajstić information content (AvgIpc) is 3.38. The molecular weight excluding hydrogens is 364 g/mol. The summed E-state index contributed by atoms with van der Waals surface area (Å²) in [5, 5.41) is 2.46. The number of anilines is 1. The van der Waals surface area contributed by atoms with Crippen molar-refractivity contribution in [2.75, 3.05) is 37.6 Å². The standard InChI is InChI=1S/C20H29ClN4S/c1-3-15(4-2)26-20-22-17-11-16(21)19(12-18(17)23-20)25-9-7-24(8-10-25)13-14-5-6-14/h11-12,14-15H,3-10,13H2,1-2H3,(H,22,23). The number of rotatable bonds is 7. The molecule has 0 amide bonds. The number of aromatic nitrogens is 2. The zero-order valence-electron chi connectivity index (χ0n) is 15.8. The number of hydrogen-bond donors (Lipinski definition) is 1. The first kappa shape index (κ1) is 18.5. The molecule has 1 N–H and O–H groups in total. The normalized spacial score (nSPS) is 19.0. The zero-order chi connectivity index (χ0) is 18.1. The molecule has 1 saturated heterocycles. The molecule has 1 saturated carbocycles. The van der Waals surface area contributed by atoms with E-state index in [1.165, 1.54) is 19.4 Å². The number of benzene rings is 1. The first-order chi connectivity index (χ1) is 12.7. The van der Waals surface area contributed by atoms with Crippen LogP contribution in [-0.2, 0) is 0 Å². The Bertz CT molecular complexity index is 746. The van der Waals surface area contributed by atoms with Crippen LogP contribution in [0.25, 0.3) is 11.0 Å². The number of thioether (sulfide) groups is 1. The van der Waals surface area contributed by atoms with Gasteiger partial charge < -0.3 is 9.88 Å². The number of nitrogens with zero attached hydrogens (tertiary/aromatic N) is 3. The van der Waals surface area contributed by atoms with Crippen LogP contribution in [0.4, 0.5) is 5.69 Å². The maximum Gasteiger partial charge on any atom is 0.166 e. The van der Waals surface area contributed by atoms with E-state index < -0.39 is 0 Å². The van der Waals surface area contributed by atoms with Gasteiger partial charge in [-0.25, -0.2) is 4.98 Å². The van der Waals surface area contributed by atoms with Crippen molar-refractivity contribution in [3.63, 3.8) is 0 Å². The third-order valence-corrected chi connectivity index (χ3v) is 7.36. The number of hydrogen-bond acceptors (Lipinski definition) is 4. The Morgan fingerprint density at radius 2 is 1.92 bits per heavy atom. The lowest BCUT2D eigenvalue weighted by Crippen LogP contribution is -2.47. The van der Waals surface area contributed by atoms with E-state index >= 15 is 0 Å². The van der Waals surface area contributed by atoms with Crippen molar-refractivity contribution in [2.24, 2.45) is 5.92 Å². The number of aromatic amines is 1. The highest BCUT2D eigenvalue weighted by Gasteiger charge is 2.27. The van der Waals surface area contributed by atoms with E-state index in [0.717, 1.165) is 71.8 Å². The molecule has 0 bridgehead atoms. The van der Waals surface area contributed by atoms with E-state index in [-0.39, 0.29) is 0 Å². The van der Waals surface area contributed by atoms with Crippen molar-refractivity contribution in [3.05, 3.63) is 17.2 Å². The fraction of sp³-hybridized carbons (Fsp3) is 0.650. The molecule has 2 aliphatic rings. The van der Waals surface area contributed by atoms with E-state index in [1.807, 2.05) is 17.8 Å². The van der Waals surface area contributed by atoms with Gasteiger partial charge in [0.15, 0.2) is 5.16 Å². The molecule has 2 aromatic rings. The van der Waals surface area contributed by atoms with Crippen LogP contribution in [0.5, 0.6) is 0 Å². The molecule has 2 fully saturated rings. The minimum Gasteiger partial charge on any atom is -0.368 e. The Kier molecular flexibility index (Phi) is 5.67. The Morgan fingerprint density at radius 1 is 1.19 bits per heavy atom. The van der Waals surface area contributed by atoms with Crippen LogP contribution < -0.4 is 4.90 Å². The highest BCUT2D eigenvalue weighted by Crippen LogP contribution is 2.34. The monoisotopic (exact) mass is 392 g/mol. The topological polar surface area (TPSA) is 35.2 Å². The Hall–Kier alpha value is -0.910. The maximum atomic E-state index is 6.63. The molecule has 1 aromatic carbocycles. The van der Waals surface area contributed by atoms with Gasteiger partial charge in [-0.2, -0.15) is 0 Å². The van der Waals surface area contributed by atoms with Gasteiger partial charge in [0.2, 0.25) is 0 Å². The smallest absolute Gasteiger partial charge is 0.166 e. The minimum absolute atomic E-state index is 0.616. The molecule has 4 nitrogen and oxygen atoms in total. The van der Waals surface area contributed by atoms with Crippen molar-refractivity contribution < 1.29 is 0 Å². The second kappa shape index (κ2) is 7.99. The predicted molar refractivity (Wildman–Crippen MR) is 113 cm³/mol. The van der Waals surface area contributed by atoms with E-state index in [9.17, 15) is 0 Å². The van der Waals surface area contributed by atoms with E-state index in [1.54, 1.807) is 0 Å². The van der Waals surface area contributed by atoms with Gasteiger partial charge in [-0.1, -0.05) is 37.2 Å². The summed E-state index contributed by atoms with van der Waals surface area (Å²) < 4.78 is 0. The van der Waals surface area contributed by atoms with E-state index in [2.05, 4.69) is 34.7 Å². The largest absolute Gasteiger partial charge is 0.368 e. The molecule has 142 valence electrons. The average molecular weight is 393 g/mol. The summed E-state index contributed by atoms with van der Waals surface area (Å²) in [6.07, 6.45) is 5.18. The molecule has 1 aromatic heterocycles. The summed E-state index contributed by atoms with van der Waals surface area (Å²) in [7, 11) is 0. The summed E-state index contributed by atoms with van der Waals surface area (Å²) in [5.74, 6) is 0.969. The minimum atomic E-state index is 0.616. The van der Waals surface area contributed by atoms with Crippen molar-refractivity contribution in [1.82, 2.24) is 14.9 Å². The molecule has 0 spiro atoms. The van der Waals surface area contributed by atoms with Gasteiger partial charge in [-0.3, -0.25) is 4.90 Å². The molecule has 1 aliphatic heterocycles. The van der Waals surface area contributed by atoms with Gasteiger partial charge in [0.05, 0.1) is 21.7 Å². The van der Waals surface area contributed by atoms with Gasteiger partial charge in [-0.15, -0.1) is 0 Å². The molecule has 0 radical (unpaired) electrons. The second-order valence-electron chi connectivity index (χ2n) is 7.65. The molecule has 26 heavy (non-hydrogen) atoms. The van der Waals surface area contributed by atoms with Crippen LogP contribution in [0, 0.1) is 5.92 Å². The summed E-state index contributed by atoms with van der Waals surface area (Å²) >= 11 is 8.47. The highest BCUT2D eigenvalue weighted by molar-refractivity contribution is 7.99. The predicted octanol–water partition coefficient (Wildman–Crippen LogP) is 5.03. The molecule has 6 heteroatoms. The lowest BCUT2D eigenvalue weighted by Gasteiger charge is -2.36. The van der Waals surface area contributed by atoms with Crippen molar-refractivity contribution in [1.29, 1.82) is 0 Å². The third-order valence-electron chi connectivity index (χ3n) is 5.64. The SMILES string of the molecule is CCC(CC)Sc1nc2cc(N3CCN(CC4CC4)CC3)c(Cl)cc2[nH]1. The van der Waals surface area contributed by atoms with Crippen LogP contribution in [-0.4, -0.2) is 52.8 Å². The third kappa shape index (κ3) is 4.15. The summed E-state index contributed by atoms with van der Waals surface area (Å²) in [4.78, 5) is 13.3. The van der Waals surface area contributed by atoms with Gasteiger partial charge in [0.25, 0.3) is 0 Å². The van der Waals surface area contributed by atoms with Crippen molar-refractivity contribution >= 4 is 40.1 Å². The number of H-pyrrole nitrogens is 1. The first-order valence-electron chi connectivity index (χ1n) is 9.99. The first-order valence-corrected chi connectivity index (χ1v) is 11.2. The molecular formula is C20H29ClN4S. The highest BCUT2D eigenvalue weighted by atomic mass is 35.5. The Morgan fingerprint density at radius 3 is 2.58 bits per heavy atom. The number of nitrogens with one attached hydrogen (secondary N) is 1. The van der Waals surface area contributed by atoms with E-state index in [0.29, 0.717) is 5.25 Å². The number of fused-ring (bicyclic) bond motifs is 1. The van der Waals surface area contributed by atoms with Crippen LogP contribution in [0.15, 0.2) is 17.3 Å². The fourth-order valence-electron chi connectivity index (χ4n) is 3.74. The van der Waals surface area contributed by atoms with Crippen molar-refractivity contribution in [3.8, 4) is 0 Å². The molecule has 0 atom stereocenters. The summed E-state index contributed by atoms with van der Waals surface area (Å²) in [6, 6.07) is 4.22. The molecule has 1 aliphatic carbocycles. The maximum absolute atomic E-state index is 6.63. The van der Waals surface area contributed by atoms with Crippen LogP contribution in [0.1, 0.15) is 39.5 Å². The molecule has 4 rings (SSSR count). The van der Waals surface area contributed by atoms with Crippen molar-refractivity contribution in [2.45, 2.75) is 49.9 Å². The number of halogens is 1. The molecule has 0 unspecified atom stereocenters. The second-order valence-corrected chi connectivity index (χ2v) is 9.35. The summed E-state index contributed by atoms with van der Waals surface area (Å²) in [5.41, 5.74) is 3.20. The Balaban J connectivity index is 1.47. The van der Waals surface area contributed by atoms with Gasteiger partial charge in [-0.05, 0) is 43.7 Å². The van der Waals surface area contributed by atoms with Gasteiger partial charge in [0, 0.05) is 38.0 Å². The fourth-order valence-corrected chi connectivity index (χ4v) is 5.00. The van der Waals surface area contributed by atoms with Crippen LogP contribution in [0.2, 0.25) is 5.02 Å². The van der Waals surface area contributed by atoms with Crippen LogP contribution in [0.3, 0.4) is 0 Å². The zero-order valence-corrected chi connectivity index (χ0v) is 17.4. The van der Waals surface area contributed by atoms with Gasteiger partial charge in [0.1, 0.15) is 0 Å². The van der Waals surface area contributed by atoms with Gasteiger partial charge >= 0.3 is 0 Å². The van der Waals surface area contributed by atoms with E-state index in [4.69, 9.17) is 16.6 Å². The lowest BCUT2D eigenvalue weighted by atomic mass is 10.2. The number of piperazine rings is 1.